The normalized spacial score (nSPS) is 15.7. The maximum Gasteiger partial charge on any atom is 0.136 e. The Kier molecular flexibility index (Phi) is 3.33. The molecule has 0 amide bonds. The number of anilines is 1. The van der Waals surface area contributed by atoms with Gasteiger partial charge in [0, 0.05) is 7.11 Å². The SMILES string of the molecule is COC(C)C(C)n1ncc(Br)c1N. The lowest BCUT2D eigenvalue weighted by Gasteiger charge is -2.19. The summed E-state index contributed by atoms with van der Waals surface area (Å²) in [6, 6.07) is 0.135. The van der Waals surface area contributed by atoms with E-state index in [0.29, 0.717) is 5.82 Å². The Labute approximate surface area is 86.2 Å². The van der Waals surface area contributed by atoms with Gasteiger partial charge in [0.15, 0.2) is 0 Å². The van der Waals surface area contributed by atoms with E-state index in [9.17, 15) is 0 Å². The van der Waals surface area contributed by atoms with E-state index in [2.05, 4.69) is 21.0 Å². The number of nitrogens with two attached hydrogens (primary N) is 1. The zero-order chi connectivity index (χ0) is 10.0. The van der Waals surface area contributed by atoms with Crippen molar-refractivity contribution in [2.24, 2.45) is 0 Å². The summed E-state index contributed by atoms with van der Waals surface area (Å²) < 4.78 is 7.77. The van der Waals surface area contributed by atoms with E-state index in [4.69, 9.17) is 10.5 Å². The number of rotatable bonds is 3. The molecule has 2 unspecified atom stereocenters. The molecule has 1 heterocycles. The van der Waals surface area contributed by atoms with Crippen LogP contribution in [0.4, 0.5) is 5.82 Å². The van der Waals surface area contributed by atoms with Crippen molar-refractivity contribution in [1.29, 1.82) is 0 Å². The molecule has 0 radical (unpaired) electrons. The molecule has 2 N–H and O–H groups in total. The zero-order valence-electron chi connectivity index (χ0n) is 7.99. The average molecular weight is 248 g/mol. The fraction of sp³-hybridized carbons (Fsp3) is 0.625. The van der Waals surface area contributed by atoms with Gasteiger partial charge in [0.1, 0.15) is 5.82 Å². The molecular weight excluding hydrogens is 234 g/mol. The van der Waals surface area contributed by atoms with Crippen LogP contribution in [0.3, 0.4) is 0 Å². The fourth-order valence-corrected chi connectivity index (χ4v) is 1.34. The number of hydrogen-bond donors (Lipinski definition) is 1. The molecule has 0 aliphatic heterocycles. The number of nitrogens with zero attached hydrogens (tertiary/aromatic N) is 2. The zero-order valence-corrected chi connectivity index (χ0v) is 9.58. The third-order valence-electron chi connectivity index (χ3n) is 2.22. The highest BCUT2D eigenvalue weighted by Crippen LogP contribution is 2.23. The highest BCUT2D eigenvalue weighted by atomic mass is 79.9. The summed E-state index contributed by atoms with van der Waals surface area (Å²) in [7, 11) is 1.68. The lowest BCUT2D eigenvalue weighted by molar-refractivity contribution is 0.0741. The number of nitrogen functional groups attached to an aromatic ring is 1. The molecule has 0 spiro atoms. The van der Waals surface area contributed by atoms with E-state index < -0.39 is 0 Å². The molecular formula is C8H14BrN3O. The molecule has 5 heteroatoms. The topological polar surface area (TPSA) is 53.1 Å². The fourth-order valence-electron chi connectivity index (χ4n) is 1.07. The lowest BCUT2D eigenvalue weighted by atomic mass is 10.2. The summed E-state index contributed by atoms with van der Waals surface area (Å²) in [6.45, 7) is 4.00. The van der Waals surface area contributed by atoms with Crippen molar-refractivity contribution in [2.45, 2.75) is 26.0 Å². The van der Waals surface area contributed by atoms with Gasteiger partial charge in [-0.25, -0.2) is 4.68 Å². The Hall–Kier alpha value is -0.550. The van der Waals surface area contributed by atoms with Crippen molar-refractivity contribution in [3.8, 4) is 0 Å². The first-order valence-corrected chi connectivity index (χ1v) is 4.88. The van der Waals surface area contributed by atoms with Crippen LogP contribution in [0.2, 0.25) is 0 Å². The molecule has 1 aromatic heterocycles. The van der Waals surface area contributed by atoms with E-state index in [-0.39, 0.29) is 12.1 Å². The van der Waals surface area contributed by atoms with Crippen molar-refractivity contribution in [3.05, 3.63) is 10.7 Å². The molecule has 1 aromatic rings. The number of aromatic nitrogens is 2. The van der Waals surface area contributed by atoms with Gasteiger partial charge >= 0.3 is 0 Å². The maximum absolute atomic E-state index is 5.79. The molecule has 0 aliphatic carbocycles. The predicted molar refractivity (Wildman–Crippen MR) is 55.5 cm³/mol. The van der Waals surface area contributed by atoms with Gasteiger partial charge in [-0.3, -0.25) is 0 Å². The summed E-state index contributed by atoms with van der Waals surface area (Å²) in [5.41, 5.74) is 5.79. The minimum Gasteiger partial charge on any atom is -0.383 e. The monoisotopic (exact) mass is 247 g/mol. The van der Waals surface area contributed by atoms with Crippen LogP contribution in [0.1, 0.15) is 19.9 Å². The first kappa shape index (κ1) is 10.5. The van der Waals surface area contributed by atoms with Gasteiger partial charge in [0.2, 0.25) is 0 Å². The second kappa shape index (κ2) is 4.11. The molecule has 0 saturated carbocycles. The Morgan fingerprint density at radius 2 is 2.23 bits per heavy atom. The van der Waals surface area contributed by atoms with Crippen LogP contribution in [-0.2, 0) is 4.74 Å². The first-order valence-electron chi connectivity index (χ1n) is 4.09. The van der Waals surface area contributed by atoms with Crippen LogP contribution >= 0.6 is 15.9 Å². The molecule has 0 fully saturated rings. The summed E-state index contributed by atoms with van der Waals surface area (Å²) in [5, 5.41) is 4.15. The van der Waals surface area contributed by atoms with E-state index in [1.54, 1.807) is 18.0 Å². The highest BCUT2D eigenvalue weighted by Gasteiger charge is 2.17. The second-order valence-corrected chi connectivity index (χ2v) is 3.86. The number of ether oxygens (including phenoxy) is 1. The summed E-state index contributed by atoms with van der Waals surface area (Å²) >= 11 is 3.31. The van der Waals surface area contributed by atoms with Gasteiger partial charge in [-0.1, -0.05) is 0 Å². The van der Waals surface area contributed by atoms with Crippen LogP contribution in [0.15, 0.2) is 10.7 Å². The highest BCUT2D eigenvalue weighted by molar-refractivity contribution is 9.10. The molecule has 0 bridgehead atoms. The van der Waals surface area contributed by atoms with Gasteiger partial charge < -0.3 is 10.5 Å². The molecule has 0 aromatic carbocycles. The molecule has 4 nitrogen and oxygen atoms in total. The number of hydrogen-bond acceptors (Lipinski definition) is 3. The Morgan fingerprint density at radius 1 is 1.62 bits per heavy atom. The minimum atomic E-state index is 0.0918. The smallest absolute Gasteiger partial charge is 0.136 e. The molecule has 1 rings (SSSR count). The first-order chi connectivity index (χ1) is 6.07. The predicted octanol–water partition coefficient (Wildman–Crippen LogP) is 1.82. The van der Waals surface area contributed by atoms with E-state index >= 15 is 0 Å². The standard InChI is InChI=1S/C8H14BrN3O/c1-5(6(2)13-3)12-8(10)7(9)4-11-12/h4-6H,10H2,1-3H3. The molecule has 13 heavy (non-hydrogen) atoms. The quantitative estimate of drug-likeness (QED) is 0.887. The van der Waals surface area contributed by atoms with Crippen molar-refractivity contribution >= 4 is 21.7 Å². The summed E-state index contributed by atoms with van der Waals surface area (Å²) in [4.78, 5) is 0. The minimum absolute atomic E-state index is 0.0918. The van der Waals surface area contributed by atoms with Crippen LogP contribution < -0.4 is 5.73 Å². The van der Waals surface area contributed by atoms with Gasteiger partial charge in [-0.2, -0.15) is 5.10 Å². The van der Waals surface area contributed by atoms with Crippen LogP contribution in [-0.4, -0.2) is 23.0 Å². The number of methoxy groups -OCH3 is 1. The summed E-state index contributed by atoms with van der Waals surface area (Å²) in [6.07, 6.45) is 1.78. The van der Waals surface area contributed by atoms with Crippen molar-refractivity contribution in [2.75, 3.05) is 12.8 Å². The molecule has 74 valence electrons. The van der Waals surface area contributed by atoms with Crippen molar-refractivity contribution in [1.82, 2.24) is 9.78 Å². The third-order valence-corrected chi connectivity index (χ3v) is 2.83. The van der Waals surface area contributed by atoms with Gasteiger partial charge in [-0.15, -0.1) is 0 Å². The number of halogens is 1. The van der Waals surface area contributed by atoms with E-state index in [0.717, 1.165) is 4.47 Å². The molecule has 0 saturated heterocycles. The third kappa shape index (κ3) is 2.03. The Bertz CT molecular complexity index is 287. The Balaban J connectivity index is 2.88. The van der Waals surface area contributed by atoms with E-state index in [1.807, 2.05) is 13.8 Å². The van der Waals surface area contributed by atoms with Crippen LogP contribution in [0.25, 0.3) is 0 Å². The van der Waals surface area contributed by atoms with Crippen LogP contribution in [0, 0.1) is 0 Å². The van der Waals surface area contributed by atoms with Crippen molar-refractivity contribution in [3.63, 3.8) is 0 Å². The van der Waals surface area contributed by atoms with Gasteiger partial charge in [0.05, 0.1) is 22.8 Å². The molecule has 2 atom stereocenters. The second-order valence-electron chi connectivity index (χ2n) is 3.00. The lowest BCUT2D eigenvalue weighted by Crippen LogP contribution is -2.22. The van der Waals surface area contributed by atoms with Crippen LogP contribution in [0.5, 0.6) is 0 Å². The molecule has 0 aliphatic rings. The average Bonchev–Trinajstić information content (AvgIpc) is 2.45. The van der Waals surface area contributed by atoms with Gasteiger partial charge in [0.25, 0.3) is 0 Å². The Morgan fingerprint density at radius 3 is 2.62 bits per heavy atom. The van der Waals surface area contributed by atoms with E-state index in [1.165, 1.54) is 0 Å². The van der Waals surface area contributed by atoms with Gasteiger partial charge in [-0.05, 0) is 29.8 Å². The maximum atomic E-state index is 5.79. The van der Waals surface area contributed by atoms with Crippen molar-refractivity contribution < 1.29 is 4.74 Å². The summed E-state index contributed by atoms with van der Waals surface area (Å²) in [5.74, 6) is 0.636. The largest absolute Gasteiger partial charge is 0.383 e.